The monoisotopic (exact) mass is 501 g/mol. The van der Waals surface area contributed by atoms with Gasteiger partial charge in [0.15, 0.2) is 0 Å². The second-order valence-corrected chi connectivity index (χ2v) is 10.3. The number of ether oxygens (including phenoxy) is 2. The summed E-state index contributed by atoms with van der Waals surface area (Å²) in [6.45, 7) is 0.626. The highest BCUT2D eigenvalue weighted by molar-refractivity contribution is 5.86. The Labute approximate surface area is 221 Å². The summed E-state index contributed by atoms with van der Waals surface area (Å²) in [7, 11) is 0. The SMILES string of the molecule is O=C1C[C@@H]2C(C(=O)OCc3ccccc3)N(C3(c4ccccc4)c4ccccc4-c4ccccc43)C[C@@H]2O1. The fourth-order valence-corrected chi connectivity index (χ4v) is 6.79. The fraction of sp³-hybridized carbons (Fsp3) is 0.212. The van der Waals surface area contributed by atoms with Crippen molar-refractivity contribution < 1.29 is 19.1 Å². The van der Waals surface area contributed by atoms with E-state index in [4.69, 9.17) is 9.47 Å². The van der Waals surface area contributed by atoms with Crippen LogP contribution in [0, 0.1) is 5.92 Å². The molecule has 188 valence electrons. The highest BCUT2D eigenvalue weighted by atomic mass is 16.6. The molecule has 1 aliphatic carbocycles. The van der Waals surface area contributed by atoms with Crippen LogP contribution < -0.4 is 0 Å². The van der Waals surface area contributed by atoms with Gasteiger partial charge in [-0.05, 0) is 33.4 Å². The van der Waals surface area contributed by atoms with Crippen molar-refractivity contribution in [2.24, 2.45) is 5.92 Å². The molecule has 4 aromatic carbocycles. The Morgan fingerprint density at radius 2 is 1.39 bits per heavy atom. The van der Waals surface area contributed by atoms with Gasteiger partial charge >= 0.3 is 11.9 Å². The van der Waals surface area contributed by atoms with Crippen molar-refractivity contribution in [3.8, 4) is 11.1 Å². The van der Waals surface area contributed by atoms with Crippen LogP contribution in [0.25, 0.3) is 11.1 Å². The summed E-state index contributed by atoms with van der Waals surface area (Å²) in [5.41, 5.74) is 5.82. The van der Waals surface area contributed by atoms with E-state index in [0.717, 1.165) is 33.4 Å². The third-order valence-corrected chi connectivity index (χ3v) is 8.29. The molecule has 0 spiro atoms. The molecule has 5 heteroatoms. The number of hydrogen-bond acceptors (Lipinski definition) is 5. The van der Waals surface area contributed by atoms with Gasteiger partial charge in [0.2, 0.25) is 0 Å². The maximum absolute atomic E-state index is 14.0. The number of hydrogen-bond donors (Lipinski definition) is 0. The number of esters is 2. The number of likely N-dealkylation sites (tertiary alicyclic amines) is 1. The van der Waals surface area contributed by atoms with Crippen molar-refractivity contribution in [1.82, 2.24) is 4.90 Å². The zero-order valence-electron chi connectivity index (χ0n) is 20.8. The largest absolute Gasteiger partial charge is 0.461 e. The van der Waals surface area contributed by atoms with E-state index in [0.29, 0.717) is 6.54 Å². The van der Waals surface area contributed by atoms with Crippen LogP contribution in [0.1, 0.15) is 28.7 Å². The molecule has 0 bridgehead atoms. The second kappa shape index (κ2) is 8.96. The van der Waals surface area contributed by atoms with E-state index < -0.39 is 11.6 Å². The van der Waals surface area contributed by atoms with Crippen LogP contribution in [0.5, 0.6) is 0 Å². The molecule has 2 saturated heterocycles. The van der Waals surface area contributed by atoms with Crippen molar-refractivity contribution in [1.29, 1.82) is 0 Å². The summed E-state index contributed by atoms with van der Waals surface area (Å²) in [4.78, 5) is 28.6. The van der Waals surface area contributed by atoms with E-state index in [-0.39, 0.29) is 37.0 Å². The van der Waals surface area contributed by atoms with Gasteiger partial charge < -0.3 is 9.47 Å². The quantitative estimate of drug-likeness (QED) is 0.347. The molecular weight excluding hydrogens is 474 g/mol. The van der Waals surface area contributed by atoms with Crippen LogP contribution in [0.3, 0.4) is 0 Å². The molecule has 2 aliphatic heterocycles. The molecule has 2 heterocycles. The van der Waals surface area contributed by atoms with Gasteiger partial charge in [-0.1, -0.05) is 109 Å². The molecule has 1 unspecified atom stereocenters. The molecule has 3 aliphatic rings. The first-order chi connectivity index (χ1) is 18.7. The van der Waals surface area contributed by atoms with E-state index in [9.17, 15) is 9.59 Å². The average molecular weight is 502 g/mol. The van der Waals surface area contributed by atoms with Crippen molar-refractivity contribution in [2.75, 3.05) is 6.54 Å². The minimum atomic E-state index is -0.734. The van der Waals surface area contributed by atoms with Gasteiger partial charge in [-0.15, -0.1) is 0 Å². The lowest BCUT2D eigenvalue weighted by atomic mass is 9.78. The lowest BCUT2D eigenvalue weighted by Crippen LogP contribution is -2.53. The average Bonchev–Trinajstić information content (AvgIpc) is 3.59. The maximum atomic E-state index is 14.0. The molecule has 7 rings (SSSR count). The van der Waals surface area contributed by atoms with Crippen LogP contribution in [0.4, 0.5) is 0 Å². The van der Waals surface area contributed by atoms with Crippen LogP contribution in [-0.4, -0.2) is 35.5 Å². The van der Waals surface area contributed by atoms with E-state index in [2.05, 4.69) is 65.6 Å². The summed E-state index contributed by atoms with van der Waals surface area (Å²) < 4.78 is 11.7. The van der Waals surface area contributed by atoms with E-state index in [1.54, 1.807) is 0 Å². The number of fused-ring (bicyclic) bond motifs is 4. The van der Waals surface area contributed by atoms with Crippen molar-refractivity contribution in [3.63, 3.8) is 0 Å². The zero-order chi connectivity index (χ0) is 25.7. The van der Waals surface area contributed by atoms with Crippen molar-refractivity contribution in [2.45, 2.75) is 30.7 Å². The summed E-state index contributed by atoms with van der Waals surface area (Å²) in [5, 5.41) is 0. The minimum absolute atomic E-state index is 0.182. The van der Waals surface area contributed by atoms with Gasteiger partial charge in [0.1, 0.15) is 18.8 Å². The Hall–Kier alpha value is -4.22. The van der Waals surface area contributed by atoms with E-state index >= 15 is 0 Å². The first-order valence-corrected chi connectivity index (χ1v) is 13.1. The van der Waals surface area contributed by atoms with Crippen LogP contribution >= 0.6 is 0 Å². The summed E-state index contributed by atoms with van der Waals surface area (Å²) in [6, 6.07) is 36.3. The molecule has 0 N–H and O–H groups in total. The molecule has 3 atom stereocenters. The first-order valence-electron chi connectivity index (χ1n) is 13.1. The van der Waals surface area contributed by atoms with Crippen molar-refractivity contribution >= 4 is 11.9 Å². The van der Waals surface area contributed by atoms with Gasteiger partial charge in [-0.2, -0.15) is 0 Å². The molecular formula is C33H27NO4. The summed E-state index contributed by atoms with van der Waals surface area (Å²) in [6.07, 6.45) is -0.155. The maximum Gasteiger partial charge on any atom is 0.324 e. The van der Waals surface area contributed by atoms with Crippen LogP contribution in [0.2, 0.25) is 0 Å². The topological polar surface area (TPSA) is 55.8 Å². The van der Waals surface area contributed by atoms with Crippen LogP contribution in [-0.2, 0) is 31.2 Å². The molecule has 2 fully saturated rings. The smallest absolute Gasteiger partial charge is 0.324 e. The summed E-state index contributed by atoms with van der Waals surface area (Å²) in [5.74, 6) is -0.843. The molecule has 4 aromatic rings. The third-order valence-electron chi connectivity index (χ3n) is 8.29. The lowest BCUT2D eigenvalue weighted by Gasteiger charge is -2.44. The number of carbonyl (C=O) groups excluding carboxylic acids is 2. The number of rotatable bonds is 5. The number of carbonyl (C=O) groups is 2. The second-order valence-electron chi connectivity index (χ2n) is 10.3. The predicted molar refractivity (Wildman–Crippen MR) is 143 cm³/mol. The van der Waals surface area contributed by atoms with Gasteiger partial charge in [-0.3, -0.25) is 14.5 Å². The van der Waals surface area contributed by atoms with E-state index in [1.165, 1.54) is 0 Å². The molecule has 0 amide bonds. The standard InChI is InChI=1S/C33H27NO4/c35-30-19-26-29(38-30)20-34(31(26)32(36)37-21-22-11-3-1-4-12-22)33(23-13-5-2-6-14-23)27-17-9-7-15-24(27)25-16-8-10-18-28(25)33/h1-18,26,29,31H,19-21H2/t26-,29-,31?/m0/s1. The Balaban J connectivity index is 1.40. The number of benzene rings is 4. The Morgan fingerprint density at radius 1 is 0.816 bits per heavy atom. The highest BCUT2D eigenvalue weighted by Gasteiger charge is 2.61. The Bertz CT molecular complexity index is 1470. The Morgan fingerprint density at radius 3 is 2.05 bits per heavy atom. The van der Waals surface area contributed by atoms with Gasteiger partial charge in [0, 0.05) is 12.5 Å². The minimum Gasteiger partial charge on any atom is -0.461 e. The lowest BCUT2D eigenvalue weighted by molar-refractivity contribution is -0.153. The molecule has 0 aromatic heterocycles. The molecule has 0 radical (unpaired) electrons. The van der Waals surface area contributed by atoms with E-state index in [1.807, 2.05) is 48.5 Å². The molecule has 38 heavy (non-hydrogen) atoms. The number of nitrogens with zero attached hydrogens (tertiary/aromatic N) is 1. The molecule has 0 saturated carbocycles. The zero-order valence-corrected chi connectivity index (χ0v) is 20.8. The third kappa shape index (κ3) is 3.35. The fourth-order valence-electron chi connectivity index (χ4n) is 6.79. The van der Waals surface area contributed by atoms with Gasteiger partial charge in [0.25, 0.3) is 0 Å². The Kier molecular flexibility index (Phi) is 5.41. The normalized spacial score (nSPS) is 22.8. The summed E-state index contributed by atoms with van der Waals surface area (Å²) >= 11 is 0. The first kappa shape index (κ1) is 22.9. The molecule has 5 nitrogen and oxygen atoms in total. The predicted octanol–water partition coefficient (Wildman–Crippen LogP) is 5.32. The highest BCUT2D eigenvalue weighted by Crippen LogP contribution is 2.57. The van der Waals surface area contributed by atoms with Gasteiger partial charge in [0.05, 0.1) is 12.0 Å². The van der Waals surface area contributed by atoms with Crippen LogP contribution in [0.15, 0.2) is 109 Å². The van der Waals surface area contributed by atoms with Gasteiger partial charge in [-0.25, -0.2) is 0 Å². The van der Waals surface area contributed by atoms with Crippen molar-refractivity contribution in [3.05, 3.63) is 131 Å².